The number of hydrogen-bond acceptors (Lipinski definition) is 7. The Bertz CT molecular complexity index is 1320. The summed E-state index contributed by atoms with van der Waals surface area (Å²) in [6.45, 7) is 7.99. The van der Waals surface area contributed by atoms with E-state index >= 15 is 0 Å². The van der Waals surface area contributed by atoms with Gasteiger partial charge in [0, 0.05) is 65.3 Å². The molecule has 2 saturated heterocycles. The quantitative estimate of drug-likeness (QED) is 0.432. The van der Waals surface area contributed by atoms with Crippen LogP contribution in [0.4, 0.5) is 0 Å². The standard InChI is InChI=1S/C32H48N6O4/c1-34(21-23-6-4-3-5-7-23)25-19-26(20-25)42-17-16-36-12-14-37(15-13-36)22-24-8-9-27-29(18-24)35(2)32(41)38(27)28-10-11-30(39)33-31(28)40/h8-9,18,23,25-26,28H,3-7,10-17,19-22H2,1-2H3,(H,33,39,40). The number of benzene rings is 1. The van der Waals surface area contributed by atoms with Crippen LogP contribution in [0.15, 0.2) is 23.0 Å². The van der Waals surface area contributed by atoms with Gasteiger partial charge in [-0.15, -0.1) is 0 Å². The molecule has 10 nitrogen and oxygen atoms in total. The third-order valence-electron chi connectivity index (χ3n) is 10.3. The fourth-order valence-electron chi connectivity index (χ4n) is 7.47. The number of hydrogen-bond donors (Lipinski definition) is 1. The molecule has 0 spiro atoms. The molecule has 3 heterocycles. The second kappa shape index (κ2) is 13.0. The maximum atomic E-state index is 13.1. The van der Waals surface area contributed by atoms with Crippen molar-refractivity contribution in [2.75, 3.05) is 52.9 Å². The molecule has 1 aromatic carbocycles. The van der Waals surface area contributed by atoms with Crippen LogP contribution in [-0.2, 0) is 27.9 Å². The highest BCUT2D eigenvalue weighted by molar-refractivity contribution is 6.00. The minimum atomic E-state index is -0.653. The molecule has 0 radical (unpaired) electrons. The van der Waals surface area contributed by atoms with Crippen molar-refractivity contribution >= 4 is 22.8 Å². The van der Waals surface area contributed by atoms with Gasteiger partial charge < -0.3 is 9.64 Å². The van der Waals surface area contributed by atoms with Gasteiger partial charge in [-0.1, -0.05) is 25.3 Å². The van der Waals surface area contributed by atoms with E-state index in [2.05, 4.69) is 39.2 Å². The van der Waals surface area contributed by atoms with E-state index in [0.29, 0.717) is 18.6 Å². The van der Waals surface area contributed by atoms with Crippen LogP contribution in [0.2, 0.25) is 0 Å². The maximum absolute atomic E-state index is 13.1. The van der Waals surface area contributed by atoms with E-state index in [-0.39, 0.29) is 18.0 Å². The number of aromatic nitrogens is 2. The molecule has 2 amide bonds. The summed E-state index contributed by atoms with van der Waals surface area (Å²) >= 11 is 0. The summed E-state index contributed by atoms with van der Waals surface area (Å²) in [5, 5.41) is 2.37. The Hall–Kier alpha value is -2.53. The highest BCUT2D eigenvalue weighted by Crippen LogP contribution is 2.31. The van der Waals surface area contributed by atoms with Gasteiger partial charge in [0.1, 0.15) is 6.04 Å². The zero-order valence-electron chi connectivity index (χ0n) is 25.4. The Morgan fingerprint density at radius 2 is 1.69 bits per heavy atom. The molecule has 2 aromatic rings. The highest BCUT2D eigenvalue weighted by Gasteiger charge is 2.34. The molecule has 1 unspecified atom stereocenters. The van der Waals surface area contributed by atoms with Gasteiger partial charge in [-0.2, -0.15) is 0 Å². The fourth-order valence-corrected chi connectivity index (χ4v) is 7.47. The normalized spacial score (nSPS) is 26.6. The zero-order valence-corrected chi connectivity index (χ0v) is 25.4. The molecular weight excluding hydrogens is 532 g/mol. The molecule has 1 N–H and O–H groups in total. The zero-order chi connectivity index (χ0) is 29.2. The van der Waals surface area contributed by atoms with Crippen LogP contribution in [0, 0.1) is 5.92 Å². The number of rotatable bonds is 10. The van der Waals surface area contributed by atoms with Crippen molar-refractivity contribution in [1.29, 1.82) is 0 Å². The number of nitrogens with zero attached hydrogens (tertiary/aromatic N) is 5. The fraction of sp³-hybridized carbons (Fsp3) is 0.719. The van der Waals surface area contributed by atoms with E-state index in [0.717, 1.165) is 68.4 Å². The van der Waals surface area contributed by atoms with E-state index in [1.807, 2.05) is 6.07 Å². The number of amides is 2. The largest absolute Gasteiger partial charge is 0.377 e. The SMILES string of the molecule is CN(CC1CCCCC1)C1CC(OCCN2CCN(Cc3ccc4c(c3)n(C)c(=O)n4C3CCC(=O)NC3=O)CC2)C1. The smallest absolute Gasteiger partial charge is 0.329 e. The summed E-state index contributed by atoms with van der Waals surface area (Å²) in [5.41, 5.74) is 2.48. The molecule has 1 atom stereocenters. The molecule has 1 aromatic heterocycles. The lowest BCUT2D eigenvalue weighted by Crippen LogP contribution is -2.49. The molecule has 10 heteroatoms. The molecular formula is C32H48N6O4. The first kappa shape index (κ1) is 29.5. The Morgan fingerprint density at radius 3 is 2.43 bits per heavy atom. The molecule has 42 heavy (non-hydrogen) atoms. The van der Waals surface area contributed by atoms with Crippen molar-refractivity contribution in [2.24, 2.45) is 13.0 Å². The van der Waals surface area contributed by atoms with Crippen molar-refractivity contribution < 1.29 is 14.3 Å². The average molecular weight is 581 g/mol. The Balaban J connectivity index is 0.928. The van der Waals surface area contributed by atoms with Gasteiger partial charge in [0.25, 0.3) is 0 Å². The number of nitrogens with one attached hydrogen (secondary N) is 1. The van der Waals surface area contributed by atoms with Crippen molar-refractivity contribution in [3.63, 3.8) is 0 Å². The summed E-state index contributed by atoms with van der Waals surface area (Å²) in [5.74, 6) is 0.229. The second-order valence-corrected chi connectivity index (χ2v) is 13.2. The van der Waals surface area contributed by atoms with E-state index in [1.165, 1.54) is 51.5 Å². The minimum Gasteiger partial charge on any atom is -0.377 e. The number of fused-ring (bicyclic) bond motifs is 1. The highest BCUT2D eigenvalue weighted by atomic mass is 16.5. The van der Waals surface area contributed by atoms with Crippen LogP contribution in [0.3, 0.4) is 0 Å². The van der Waals surface area contributed by atoms with Crippen LogP contribution < -0.4 is 11.0 Å². The first-order valence-electron chi connectivity index (χ1n) is 16.2. The molecule has 230 valence electrons. The van der Waals surface area contributed by atoms with Gasteiger partial charge in [0.15, 0.2) is 0 Å². The van der Waals surface area contributed by atoms with Gasteiger partial charge >= 0.3 is 5.69 Å². The molecule has 2 saturated carbocycles. The van der Waals surface area contributed by atoms with Crippen LogP contribution in [0.5, 0.6) is 0 Å². The average Bonchev–Trinajstić information content (AvgIpc) is 3.20. The Kier molecular flexibility index (Phi) is 9.14. The summed E-state index contributed by atoms with van der Waals surface area (Å²) in [6, 6.07) is 6.13. The lowest BCUT2D eigenvalue weighted by atomic mass is 9.85. The third-order valence-corrected chi connectivity index (χ3v) is 10.3. The first-order valence-corrected chi connectivity index (χ1v) is 16.2. The topological polar surface area (TPSA) is 92.1 Å². The Labute approximate surface area is 248 Å². The van der Waals surface area contributed by atoms with E-state index in [4.69, 9.17) is 4.74 Å². The lowest BCUT2D eigenvalue weighted by Gasteiger charge is -2.43. The van der Waals surface area contributed by atoms with Gasteiger partial charge in [0.05, 0.1) is 23.7 Å². The van der Waals surface area contributed by atoms with Crippen molar-refractivity contribution in [2.45, 2.75) is 82.5 Å². The predicted octanol–water partition coefficient (Wildman–Crippen LogP) is 2.50. The molecule has 4 fully saturated rings. The number of piperazine rings is 1. The summed E-state index contributed by atoms with van der Waals surface area (Å²) in [6.07, 6.45) is 10.5. The van der Waals surface area contributed by atoms with Gasteiger partial charge in [0.2, 0.25) is 11.8 Å². The molecule has 6 rings (SSSR count). The number of carbonyl (C=O) groups is 2. The molecule has 4 aliphatic rings. The number of carbonyl (C=O) groups excluding carboxylic acids is 2. The number of imide groups is 1. The van der Waals surface area contributed by atoms with Gasteiger partial charge in [-0.05, 0) is 62.8 Å². The number of ether oxygens (including phenoxy) is 1. The summed E-state index contributed by atoms with van der Waals surface area (Å²) in [4.78, 5) is 44.7. The number of imidazole rings is 1. The van der Waals surface area contributed by atoms with Crippen LogP contribution in [-0.4, -0.2) is 101 Å². The van der Waals surface area contributed by atoms with Crippen LogP contribution in [0.25, 0.3) is 11.0 Å². The first-order chi connectivity index (χ1) is 20.4. The molecule has 0 bridgehead atoms. The van der Waals surface area contributed by atoms with Crippen LogP contribution >= 0.6 is 0 Å². The predicted molar refractivity (Wildman–Crippen MR) is 162 cm³/mol. The van der Waals surface area contributed by atoms with E-state index in [1.54, 1.807) is 16.2 Å². The summed E-state index contributed by atoms with van der Waals surface area (Å²) < 4.78 is 9.39. The van der Waals surface area contributed by atoms with E-state index < -0.39 is 11.9 Å². The molecule has 2 aliphatic carbocycles. The van der Waals surface area contributed by atoms with Crippen LogP contribution in [0.1, 0.15) is 69.4 Å². The van der Waals surface area contributed by atoms with Gasteiger partial charge in [-0.25, -0.2) is 4.79 Å². The van der Waals surface area contributed by atoms with Crippen molar-refractivity contribution in [3.8, 4) is 0 Å². The maximum Gasteiger partial charge on any atom is 0.329 e. The van der Waals surface area contributed by atoms with Crippen molar-refractivity contribution in [1.82, 2.24) is 29.2 Å². The monoisotopic (exact) mass is 580 g/mol. The minimum absolute atomic E-state index is 0.226. The Morgan fingerprint density at radius 1 is 0.952 bits per heavy atom. The molecule has 2 aliphatic heterocycles. The number of aryl methyl sites for hydroxylation is 1. The number of piperidine rings is 1. The second-order valence-electron chi connectivity index (χ2n) is 13.2. The third kappa shape index (κ3) is 6.51. The van der Waals surface area contributed by atoms with Gasteiger partial charge in [-0.3, -0.25) is 33.8 Å². The van der Waals surface area contributed by atoms with E-state index in [9.17, 15) is 14.4 Å². The lowest BCUT2D eigenvalue weighted by molar-refractivity contribution is -0.135. The van der Waals surface area contributed by atoms with Crippen molar-refractivity contribution in [3.05, 3.63) is 34.2 Å². The summed E-state index contributed by atoms with van der Waals surface area (Å²) in [7, 11) is 4.06.